The lowest BCUT2D eigenvalue weighted by Gasteiger charge is -1.93. The maximum atomic E-state index is 6.70. The van der Waals surface area contributed by atoms with Gasteiger partial charge in [0.2, 0.25) is 0 Å². The van der Waals surface area contributed by atoms with Crippen molar-refractivity contribution < 1.29 is 0 Å². The molecule has 0 aromatic carbocycles. The maximum absolute atomic E-state index is 6.70. The molecule has 0 aliphatic carbocycles. The zero-order valence-electron chi connectivity index (χ0n) is 7.52. The SMILES string of the molecule is C=N/C(=C/C=N)C(=C)C.CC. The van der Waals surface area contributed by atoms with E-state index < -0.39 is 0 Å². The van der Waals surface area contributed by atoms with Gasteiger partial charge in [-0.3, -0.25) is 4.99 Å². The Morgan fingerprint density at radius 2 is 1.91 bits per heavy atom. The van der Waals surface area contributed by atoms with E-state index in [9.17, 15) is 0 Å². The molecule has 1 N–H and O–H groups in total. The second-order valence-corrected chi connectivity index (χ2v) is 1.66. The van der Waals surface area contributed by atoms with Gasteiger partial charge >= 0.3 is 0 Å². The smallest absolute Gasteiger partial charge is 0.0660 e. The van der Waals surface area contributed by atoms with Crippen LogP contribution in [0, 0.1) is 5.41 Å². The normalized spacial score (nSPS) is 9.18. The summed E-state index contributed by atoms with van der Waals surface area (Å²) in [4.78, 5) is 3.64. The van der Waals surface area contributed by atoms with Crippen molar-refractivity contribution in [1.82, 2.24) is 0 Å². The molecule has 0 atom stereocenters. The average molecular weight is 152 g/mol. The molecule has 62 valence electrons. The van der Waals surface area contributed by atoms with Crippen LogP contribution in [0.15, 0.2) is 28.9 Å². The van der Waals surface area contributed by atoms with E-state index in [2.05, 4.69) is 18.3 Å². The Hall–Kier alpha value is -1.18. The molecule has 0 radical (unpaired) electrons. The number of nitrogens with zero attached hydrogens (tertiary/aromatic N) is 1. The van der Waals surface area contributed by atoms with E-state index in [1.165, 1.54) is 6.21 Å². The van der Waals surface area contributed by atoms with Crippen LogP contribution in [-0.2, 0) is 0 Å². The molecule has 0 unspecified atom stereocenters. The van der Waals surface area contributed by atoms with Gasteiger partial charge in [-0.1, -0.05) is 20.4 Å². The first-order valence-corrected chi connectivity index (χ1v) is 3.55. The van der Waals surface area contributed by atoms with Crippen LogP contribution in [-0.4, -0.2) is 12.9 Å². The highest BCUT2D eigenvalue weighted by Gasteiger charge is 1.88. The molecule has 0 spiro atoms. The molecule has 2 nitrogen and oxygen atoms in total. The van der Waals surface area contributed by atoms with Crippen LogP contribution in [0.5, 0.6) is 0 Å². The molecule has 2 heteroatoms. The third kappa shape index (κ3) is 6.71. The van der Waals surface area contributed by atoms with Crippen molar-refractivity contribution in [2.24, 2.45) is 4.99 Å². The molecule has 0 saturated heterocycles. The van der Waals surface area contributed by atoms with E-state index >= 15 is 0 Å². The maximum Gasteiger partial charge on any atom is 0.0660 e. The average Bonchev–Trinajstić information content (AvgIpc) is 2.03. The molecular formula is C9H16N2. The highest BCUT2D eigenvalue weighted by molar-refractivity contribution is 5.70. The first-order chi connectivity index (χ1) is 5.22. The minimum atomic E-state index is 0.671. The van der Waals surface area contributed by atoms with E-state index in [4.69, 9.17) is 5.41 Å². The Kier molecular flexibility index (Phi) is 10.0. The summed E-state index contributed by atoms with van der Waals surface area (Å²) >= 11 is 0. The zero-order valence-corrected chi connectivity index (χ0v) is 7.52. The van der Waals surface area contributed by atoms with Gasteiger partial charge in [0.1, 0.15) is 0 Å². The number of hydrogen-bond acceptors (Lipinski definition) is 2. The monoisotopic (exact) mass is 152 g/mol. The summed E-state index contributed by atoms with van der Waals surface area (Å²) in [5.74, 6) is 0. The van der Waals surface area contributed by atoms with Crippen molar-refractivity contribution in [3.05, 3.63) is 23.9 Å². The van der Waals surface area contributed by atoms with Crippen LogP contribution in [0.25, 0.3) is 0 Å². The van der Waals surface area contributed by atoms with Crippen LogP contribution in [0.3, 0.4) is 0 Å². The molecular weight excluding hydrogens is 136 g/mol. The van der Waals surface area contributed by atoms with Crippen molar-refractivity contribution in [1.29, 1.82) is 5.41 Å². The fraction of sp³-hybridized carbons (Fsp3) is 0.333. The van der Waals surface area contributed by atoms with Crippen molar-refractivity contribution in [2.75, 3.05) is 0 Å². The van der Waals surface area contributed by atoms with E-state index in [1.54, 1.807) is 6.08 Å². The summed E-state index contributed by atoms with van der Waals surface area (Å²) in [6.07, 6.45) is 2.72. The van der Waals surface area contributed by atoms with Crippen LogP contribution in [0.4, 0.5) is 0 Å². The van der Waals surface area contributed by atoms with Gasteiger partial charge in [-0.15, -0.1) is 0 Å². The number of nitrogens with one attached hydrogen (secondary N) is 1. The van der Waals surface area contributed by atoms with Crippen molar-refractivity contribution in [3.63, 3.8) is 0 Å². The fourth-order valence-corrected chi connectivity index (χ4v) is 0.409. The highest BCUT2D eigenvalue weighted by atomic mass is 14.7. The van der Waals surface area contributed by atoms with Crippen molar-refractivity contribution in [2.45, 2.75) is 20.8 Å². The molecule has 0 bridgehead atoms. The summed E-state index contributed by atoms with van der Waals surface area (Å²) < 4.78 is 0. The van der Waals surface area contributed by atoms with Crippen LogP contribution < -0.4 is 0 Å². The molecule has 0 aromatic rings. The Bertz CT molecular complexity index is 166. The van der Waals surface area contributed by atoms with Gasteiger partial charge in [-0.2, -0.15) is 0 Å². The Morgan fingerprint density at radius 1 is 1.45 bits per heavy atom. The van der Waals surface area contributed by atoms with E-state index in [-0.39, 0.29) is 0 Å². The summed E-state index contributed by atoms with van der Waals surface area (Å²) in [5.41, 5.74) is 1.50. The standard InChI is InChI=1S/C7H10N2.C2H6/c1-6(2)7(9-3)4-5-8;1-2/h4-5,8H,1,3H2,2H3;1-2H3/b7-4+,8-5?;. The second kappa shape index (κ2) is 8.82. The molecule has 0 amide bonds. The summed E-state index contributed by atoms with van der Waals surface area (Å²) in [5, 5.41) is 6.70. The fourth-order valence-electron chi connectivity index (χ4n) is 0.409. The molecule has 0 rings (SSSR count). The quantitative estimate of drug-likeness (QED) is 0.477. The first-order valence-electron chi connectivity index (χ1n) is 3.55. The van der Waals surface area contributed by atoms with Crippen LogP contribution in [0.2, 0.25) is 0 Å². The van der Waals surface area contributed by atoms with E-state index in [0.717, 1.165) is 5.57 Å². The zero-order chi connectivity index (χ0) is 9.28. The first kappa shape index (κ1) is 12.5. The lowest BCUT2D eigenvalue weighted by atomic mass is 10.2. The van der Waals surface area contributed by atoms with Gasteiger partial charge < -0.3 is 5.41 Å². The van der Waals surface area contributed by atoms with Crippen LogP contribution >= 0.6 is 0 Å². The van der Waals surface area contributed by atoms with Gasteiger partial charge in [0.15, 0.2) is 0 Å². The third-order valence-corrected chi connectivity index (χ3v) is 0.849. The largest absolute Gasteiger partial charge is 0.309 e. The summed E-state index contributed by atoms with van der Waals surface area (Å²) in [7, 11) is 0. The van der Waals surface area contributed by atoms with Crippen molar-refractivity contribution in [3.8, 4) is 0 Å². The minimum Gasteiger partial charge on any atom is -0.309 e. The number of hydrogen-bond donors (Lipinski definition) is 1. The number of aliphatic imine (C=N–C) groups is 1. The predicted octanol–water partition coefficient (Wildman–Crippen LogP) is 2.82. The van der Waals surface area contributed by atoms with Gasteiger partial charge in [0.25, 0.3) is 0 Å². The highest BCUT2D eigenvalue weighted by Crippen LogP contribution is 2.04. The lowest BCUT2D eigenvalue weighted by molar-refractivity contribution is 1.32. The Morgan fingerprint density at radius 3 is 2.00 bits per heavy atom. The molecule has 0 fully saturated rings. The van der Waals surface area contributed by atoms with Gasteiger partial charge in [0, 0.05) is 6.21 Å². The molecule has 0 heterocycles. The third-order valence-electron chi connectivity index (χ3n) is 0.849. The molecule has 0 saturated carbocycles. The molecule has 0 aliphatic heterocycles. The van der Waals surface area contributed by atoms with Gasteiger partial charge in [-0.25, -0.2) is 0 Å². The number of rotatable bonds is 3. The van der Waals surface area contributed by atoms with E-state index in [0.29, 0.717) is 5.70 Å². The predicted molar refractivity (Wildman–Crippen MR) is 52.6 cm³/mol. The lowest BCUT2D eigenvalue weighted by Crippen LogP contribution is -1.77. The molecule has 0 aromatic heterocycles. The second-order valence-electron chi connectivity index (χ2n) is 1.66. The Labute approximate surface area is 68.9 Å². The summed E-state index contributed by atoms with van der Waals surface area (Å²) in [6, 6.07) is 0. The Balaban J connectivity index is 0. The number of allylic oxidation sites excluding steroid dienone is 2. The minimum absolute atomic E-state index is 0.671. The van der Waals surface area contributed by atoms with Gasteiger partial charge in [0.05, 0.1) is 5.70 Å². The summed E-state index contributed by atoms with van der Waals surface area (Å²) in [6.45, 7) is 12.8. The van der Waals surface area contributed by atoms with E-state index in [1.807, 2.05) is 20.8 Å². The molecule has 0 aliphatic rings. The van der Waals surface area contributed by atoms with Crippen LogP contribution in [0.1, 0.15) is 20.8 Å². The topological polar surface area (TPSA) is 36.2 Å². The van der Waals surface area contributed by atoms with Gasteiger partial charge in [-0.05, 0) is 25.3 Å². The van der Waals surface area contributed by atoms with Crippen molar-refractivity contribution >= 4 is 12.9 Å². The molecule has 11 heavy (non-hydrogen) atoms.